The lowest BCUT2D eigenvalue weighted by Gasteiger charge is -2.12. The van der Waals surface area contributed by atoms with Crippen molar-refractivity contribution in [2.45, 2.75) is 32.7 Å². The number of nitrogens with one attached hydrogen (secondary N) is 1. The van der Waals surface area contributed by atoms with Crippen LogP contribution in [0.5, 0.6) is 0 Å². The second kappa shape index (κ2) is 7.46. The summed E-state index contributed by atoms with van der Waals surface area (Å²) >= 11 is 0. The van der Waals surface area contributed by atoms with Gasteiger partial charge in [-0.2, -0.15) is 0 Å². The minimum Gasteiger partial charge on any atom is -0.354 e. The molecule has 106 valence electrons. The zero-order valence-electron chi connectivity index (χ0n) is 11.5. The van der Waals surface area contributed by atoms with Gasteiger partial charge in [-0.15, -0.1) is 0 Å². The highest BCUT2D eigenvalue weighted by Crippen LogP contribution is 2.41. The summed E-state index contributed by atoms with van der Waals surface area (Å²) in [5.74, 6) is -0.163. The van der Waals surface area contributed by atoms with Gasteiger partial charge in [0, 0.05) is 24.8 Å². The number of benzene rings is 1. The van der Waals surface area contributed by atoms with Gasteiger partial charge in [-0.1, -0.05) is 30.3 Å². The normalized spacial score (nSPS) is 14.1. The second-order valence-corrected chi connectivity index (χ2v) is 7.59. The Morgan fingerprint density at radius 3 is 2.47 bits per heavy atom. The van der Waals surface area contributed by atoms with E-state index in [1.807, 2.05) is 44.2 Å². The average molecular weight is 283 g/mol. The molecule has 0 saturated carbocycles. The number of carbonyl (C=O) groups is 1. The first-order valence-corrected chi connectivity index (χ1v) is 8.56. The lowest BCUT2D eigenvalue weighted by atomic mass is 10.2. The van der Waals surface area contributed by atoms with Crippen LogP contribution in [0.1, 0.15) is 25.8 Å². The molecule has 0 aromatic heterocycles. The predicted octanol–water partition coefficient (Wildman–Crippen LogP) is 2.41. The monoisotopic (exact) mass is 283 g/mol. The molecule has 1 aromatic rings. The Morgan fingerprint density at radius 1 is 1.26 bits per heavy atom. The Bertz CT molecular complexity index is 445. The Balaban J connectivity index is 2.36. The van der Waals surface area contributed by atoms with E-state index in [9.17, 15) is 14.3 Å². The molecule has 0 aliphatic carbocycles. The van der Waals surface area contributed by atoms with Crippen molar-refractivity contribution in [1.82, 2.24) is 5.32 Å². The lowest BCUT2D eigenvalue weighted by Crippen LogP contribution is -2.30. The van der Waals surface area contributed by atoms with Crippen LogP contribution in [-0.2, 0) is 15.8 Å². The second-order valence-electron chi connectivity index (χ2n) is 5.00. The van der Waals surface area contributed by atoms with Crippen LogP contribution in [0.2, 0.25) is 0 Å². The number of rotatable bonds is 7. The molecule has 0 fully saturated rings. The van der Waals surface area contributed by atoms with Gasteiger partial charge in [0.1, 0.15) is 0 Å². The average Bonchev–Trinajstić information content (AvgIpc) is 2.35. The van der Waals surface area contributed by atoms with Crippen molar-refractivity contribution in [2.75, 3.05) is 12.3 Å². The van der Waals surface area contributed by atoms with Crippen molar-refractivity contribution in [3.8, 4) is 0 Å². The van der Waals surface area contributed by atoms with Gasteiger partial charge >= 0.3 is 0 Å². The summed E-state index contributed by atoms with van der Waals surface area (Å²) in [5, 5.41) is 2.72. The maximum atomic E-state index is 12.0. The molecule has 1 aromatic carbocycles. The molecule has 0 radical (unpaired) electrons. The molecule has 0 heterocycles. The molecule has 0 aliphatic rings. The molecule has 5 heteroatoms. The van der Waals surface area contributed by atoms with Crippen LogP contribution in [0.15, 0.2) is 30.3 Å². The summed E-state index contributed by atoms with van der Waals surface area (Å²) in [6.45, 7) is 3.73. The standard InChI is InChI=1S/C14H22NO3P/c1-12(2)15-14(16)9-11-19(17,18)10-8-13-6-4-3-5-7-13/h3-7,12H,8-11H2,1-2H3,(H,15,16)(H,17,18). The third-order valence-corrected chi connectivity index (χ3v) is 4.58. The molecule has 0 aliphatic heterocycles. The Labute approximate surface area is 114 Å². The van der Waals surface area contributed by atoms with Gasteiger partial charge in [0.2, 0.25) is 13.3 Å². The highest BCUT2D eigenvalue weighted by atomic mass is 31.2. The van der Waals surface area contributed by atoms with E-state index in [1.54, 1.807) is 0 Å². The molecule has 4 nitrogen and oxygen atoms in total. The van der Waals surface area contributed by atoms with Gasteiger partial charge in [-0.3, -0.25) is 9.36 Å². The molecule has 0 spiro atoms. The summed E-state index contributed by atoms with van der Waals surface area (Å²) in [6, 6.07) is 9.67. The van der Waals surface area contributed by atoms with Crippen molar-refractivity contribution in [1.29, 1.82) is 0 Å². The minimum atomic E-state index is -3.22. The highest BCUT2D eigenvalue weighted by molar-refractivity contribution is 7.58. The largest absolute Gasteiger partial charge is 0.354 e. The Hall–Kier alpha value is -1.12. The van der Waals surface area contributed by atoms with Crippen LogP contribution in [-0.4, -0.2) is 29.2 Å². The van der Waals surface area contributed by atoms with Crippen molar-refractivity contribution in [3.05, 3.63) is 35.9 Å². The van der Waals surface area contributed by atoms with Crippen molar-refractivity contribution in [3.63, 3.8) is 0 Å². The summed E-state index contributed by atoms with van der Waals surface area (Å²) < 4.78 is 12.0. The van der Waals surface area contributed by atoms with E-state index in [0.717, 1.165) is 5.56 Å². The summed E-state index contributed by atoms with van der Waals surface area (Å²) in [5.41, 5.74) is 1.04. The van der Waals surface area contributed by atoms with Crippen LogP contribution in [0.3, 0.4) is 0 Å². The van der Waals surface area contributed by atoms with E-state index in [2.05, 4.69) is 5.32 Å². The fourth-order valence-corrected chi connectivity index (χ4v) is 3.11. The van der Waals surface area contributed by atoms with Crippen LogP contribution in [0.25, 0.3) is 0 Å². The third-order valence-electron chi connectivity index (χ3n) is 2.73. The number of aryl methyl sites for hydroxylation is 1. The van der Waals surface area contributed by atoms with Crippen LogP contribution in [0, 0.1) is 0 Å². The van der Waals surface area contributed by atoms with Gasteiger partial charge < -0.3 is 10.2 Å². The maximum absolute atomic E-state index is 12.0. The summed E-state index contributed by atoms with van der Waals surface area (Å²) in [4.78, 5) is 21.3. The number of hydrogen-bond donors (Lipinski definition) is 2. The topological polar surface area (TPSA) is 66.4 Å². The maximum Gasteiger partial charge on any atom is 0.220 e. The zero-order chi connectivity index (χ0) is 14.3. The van der Waals surface area contributed by atoms with E-state index < -0.39 is 7.37 Å². The number of amides is 1. The molecular formula is C14H22NO3P. The van der Waals surface area contributed by atoms with Gasteiger partial charge in [0.25, 0.3) is 0 Å². The Kier molecular flexibility index (Phi) is 6.26. The molecule has 0 saturated heterocycles. The first kappa shape index (κ1) is 15.9. The smallest absolute Gasteiger partial charge is 0.220 e. The third kappa shape index (κ3) is 7.14. The Morgan fingerprint density at radius 2 is 1.89 bits per heavy atom. The fraction of sp³-hybridized carbons (Fsp3) is 0.500. The molecule has 1 amide bonds. The van der Waals surface area contributed by atoms with E-state index >= 15 is 0 Å². The first-order valence-electron chi connectivity index (χ1n) is 6.53. The molecule has 1 rings (SSSR count). The zero-order valence-corrected chi connectivity index (χ0v) is 12.4. The van der Waals surface area contributed by atoms with E-state index in [1.165, 1.54) is 0 Å². The lowest BCUT2D eigenvalue weighted by molar-refractivity contribution is -0.121. The SMILES string of the molecule is CC(C)NC(=O)CCP(=O)(O)CCc1ccccc1. The number of carbonyl (C=O) groups excluding carboxylic acids is 1. The van der Waals surface area contributed by atoms with E-state index in [-0.39, 0.29) is 30.7 Å². The molecule has 2 N–H and O–H groups in total. The van der Waals surface area contributed by atoms with Crippen LogP contribution >= 0.6 is 7.37 Å². The molecule has 1 unspecified atom stereocenters. The summed E-state index contributed by atoms with van der Waals surface area (Å²) in [7, 11) is -3.22. The number of hydrogen-bond acceptors (Lipinski definition) is 2. The fourth-order valence-electron chi connectivity index (χ4n) is 1.73. The first-order chi connectivity index (χ1) is 8.89. The van der Waals surface area contributed by atoms with E-state index in [0.29, 0.717) is 6.42 Å². The van der Waals surface area contributed by atoms with Gasteiger partial charge in [-0.05, 0) is 25.8 Å². The molecule has 1 atom stereocenters. The van der Waals surface area contributed by atoms with E-state index in [4.69, 9.17) is 0 Å². The quantitative estimate of drug-likeness (QED) is 0.755. The van der Waals surface area contributed by atoms with Crippen molar-refractivity contribution >= 4 is 13.3 Å². The molecule has 19 heavy (non-hydrogen) atoms. The molecule has 0 bridgehead atoms. The summed E-state index contributed by atoms with van der Waals surface area (Å²) in [6.07, 6.45) is 0.964. The van der Waals surface area contributed by atoms with Crippen LogP contribution in [0.4, 0.5) is 0 Å². The van der Waals surface area contributed by atoms with Crippen molar-refractivity contribution < 1.29 is 14.3 Å². The highest BCUT2D eigenvalue weighted by Gasteiger charge is 2.19. The van der Waals surface area contributed by atoms with Gasteiger partial charge in [0.15, 0.2) is 0 Å². The van der Waals surface area contributed by atoms with Gasteiger partial charge in [0.05, 0.1) is 0 Å². The molecular weight excluding hydrogens is 261 g/mol. The predicted molar refractivity (Wildman–Crippen MR) is 77.6 cm³/mol. The minimum absolute atomic E-state index is 0.0540. The van der Waals surface area contributed by atoms with Crippen LogP contribution < -0.4 is 5.32 Å². The van der Waals surface area contributed by atoms with Gasteiger partial charge in [-0.25, -0.2) is 0 Å². The van der Waals surface area contributed by atoms with Crippen molar-refractivity contribution in [2.24, 2.45) is 0 Å².